The Kier molecular flexibility index (Phi) is 4.76. The molecule has 6 nitrogen and oxygen atoms in total. The summed E-state index contributed by atoms with van der Waals surface area (Å²) >= 11 is 0. The molecule has 0 amide bonds. The number of cyclic esters (lactones) is 1. The number of esters is 1. The Morgan fingerprint density at radius 1 is 1.08 bits per heavy atom. The molecule has 7 heteroatoms. The van der Waals surface area contributed by atoms with E-state index in [1.807, 2.05) is 31.2 Å². The van der Waals surface area contributed by atoms with Crippen LogP contribution in [0.1, 0.15) is 16.7 Å². The summed E-state index contributed by atoms with van der Waals surface area (Å²) in [6, 6.07) is 13.8. The summed E-state index contributed by atoms with van der Waals surface area (Å²) in [7, 11) is -0.674. The van der Waals surface area contributed by atoms with Crippen LogP contribution < -0.4 is 0 Å². The molecule has 1 heterocycles. The number of sulfonamides is 1. The summed E-state index contributed by atoms with van der Waals surface area (Å²) in [4.78, 5) is 16.5. The number of hydrogen-bond donors (Lipinski definition) is 0. The molecule has 1 aliphatic rings. The van der Waals surface area contributed by atoms with E-state index in [0.717, 1.165) is 15.4 Å². The maximum atomic E-state index is 12.3. The standard InChI is InChI=1S/C19H18N2O4S/c1-13-7-4-5-8-14(13)12-17-19(22)25-18(20-17)15-9-6-10-16(11-15)26(23,24)21(2)3/h4-12H,1-3H3. The number of aryl methyl sites for hydroxylation is 1. The molecule has 2 aromatic carbocycles. The van der Waals surface area contributed by atoms with Gasteiger partial charge in [-0.1, -0.05) is 30.3 Å². The fourth-order valence-electron chi connectivity index (χ4n) is 2.43. The zero-order chi connectivity index (χ0) is 18.9. The van der Waals surface area contributed by atoms with Crippen LogP contribution in [0.25, 0.3) is 6.08 Å². The zero-order valence-electron chi connectivity index (χ0n) is 14.6. The number of benzene rings is 2. The Morgan fingerprint density at radius 2 is 1.81 bits per heavy atom. The molecule has 0 saturated heterocycles. The molecule has 0 radical (unpaired) electrons. The molecule has 0 N–H and O–H groups in total. The quantitative estimate of drug-likeness (QED) is 0.612. The summed E-state index contributed by atoms with van der Waals surface area (Å²) in [5.74, 6) is -0.477. The SMILES string of the molecule is Cc1ccccc1C=C1N=C(c2cccc(S(=O)(=O)N(C)C)c2)OC1=O. The molecule has 2 aromatic rings. The first-order valence-corrected chi connectivity index (χ1v) is 9.34. The van der Waals surface area contributed by atoms with Gasteiger partial charge in [0, 0.05) is 19.7 Å². The molecule has 0 fully saturated rings. The van der Waals surface area contributed by atoms with Gasteiger partial charge >= 0.3 is 5.97 Å². The molecule has 0 saturated carbocycles. The van der Waals surface area contributed by atoms with Crippen molar-refractivity contribution in [1.82, 2.24) is 4.31 Å². The van der Waals surface area contributed by atoms with Crippen molar-refractivity contribution >= 4 is 28.0 Å². The van der Waals surface area contributed by atoms with Gasteiger partial charge in [0.25, 0.3) is 0 Å². The maximum absolute atomic E-state index is 12.3. The summed E-state index contributed by atoms with van der Waals surface area (Å²) in [6.07, 6.45) is 1.66. The van der Waals surface area contributed by atoms with Gasteiger partial charge in [-0.3, -0.25) is 0 Å². The van der Waals surface area contributed by atoms with Crippen LogP contribution in [0.2, 0.25) is 0 Å². The lowest BCUT2D eigenvalue weighted by atomic mass is 10.1. The van der Waals surface area contributed by atoms with Gasteiger partial charge in [0.15, 0.2) is 5.70 Å². The second-order valence-corrected chi connectivity index (χ2v) is 8.16. The lowest BCUT2D eigenvalue weighted by Crippen LogP contribution is -2.22. The molecule has 0 atom stereocenters. The monoisotopic (exact) mass is 370 g/mol. The van der Waals surface area contributed by atoms with Gasteiger partial charge in [-0.2, -0.15) is 0 Å². The van der Waals surface area contributed by atoms with Crippen molar-refractivity contribution in [2.75, 3.05) is 14.1 Å². The number of rotatable bonds is 4. The average Bonchev–Trinajstić information content (AvgIpc) is 2.98. The van der Waals surface area contributed by atoms with Crippen LogP contribution in [-0.2, 0) is 19.6 Å². The molecule has 0 aromatic heterocycles. The van der Waals surface area contributed by atoms with Crippen LogP contribution >= 0.6 is 0 Å². The Labute approximate surface area is 152 Å². The zero-order valence-corrected chi connectivity index (χ0v) is 15.4. The highest BCUT2D eigenvalue weighted by atomic mass is 32.2. The summed E-state index contributed by atoms with van der Waals surface area (Å²) in [5.41, 5.74) is 2.48. The molecule has 0 bridgehead atoms. The first-order valence-electron chi connectivity index (χ1n) is 7.90. The van der Waals surface area contributed by atoms with E-state index in [1.165, 1.54) is 26.2 Å². The van der Waals surface area contributed by atoms with E-state index in [1.54, 1.807) is 18.2 Å². The lowest BCUT2D eigenvalue weighted by Gasteiger charge is -2.11. The number of aliphatic imine (C=N–C) groups is 1. The number of ether oxygens (including phenoxy) is 1. The molecule has 0 unspecified atom stereocenters. The predicted octanol–water partition coefficient (Wildman–Crippen LogP) is 2.59. The van der Waals surface area contributed by atoms with Crippen molar-refractivity contribution in [3.63, 3.8) is 0 Å². The summed E-state index contributed by atoms with van der Waals surface area (Å²) in [5, 5.41) is 0. The van der Waals surface area contributed by atoms with Gasteiger partial charge in [-0.05, 0) is 42.3 Å². The maximum Gasteiger partial charge on any atom is 0.363 e. The number of carbonyl (C=O) groups is 1. The van der Waals surface area contributed by atoms with Crippen molar-refractivity contribution in [2.24, 2.45) is 4.99 Å². The summed E-state index contributed by atoms with van der Waals surface area (Å²) in [6.45, 7) is 1.94. The van der Waals surface area contributed by atoms with Crippen LogP contribution in [-0.4, -0.2) is 38.7 Å². The Bertz CT molecular complexity index is 1040. The van der Waals surface area contributed by atoms with Crippen LogP contribution in [0.3, 0.4) is 0 Å². The number of hydrogen-bond acceptors (Lipinski definition) is 5. The Morgan fingerprint density at radius 3 is 2.50 bits per heavy atom. The van der Waals surface area contributed by atoms with E-state index in [0.29, 0.717) is 5.56 Å². The van der Waals surface area contributed by atoms with E-state index in [-0.39, 0.29) is 16.5 Å². The van der Waals surface area contributed by atoms with Gasteiger partial charge in [-0.15, -0.1) is 0 Å². The van der Waals surface area contributed by atoms with E-state index < -0.39 is 16.0 Å². The Hall–Kier alpha value is -2.77. The molecular formula is C19H18N2O4S. The highest BCUT2D eigenvalue weighted by Gasteiger charge is 2.26. The summed E-state index contributed by atoms with van der Waals surface area (Å²) < 4.78 is 30.9. The van der Waals surface area contributed by atoms with Crippen molar-refractivity contribution < 1.29 is 17.9 Å². The molecule has 26 heavy (non-hydrogen) atoms. The topological polar surface area (TPSA) is 76.0 Å². The molecule has 3 rings (SSSR count). The van der Waals surface area contributed by atoms with Crippen LogP contribution in [0.5, 0.6) is 0 Å². The van der Waals surface area contributed by atoms with Gasteiger partial charge in [0.1, 0.15) is 0 Å². The largest absolute Gasteiger partial charge is 0.402 e. The van der Waals surface area contributed by atoms with Crippen molar-refractivity contribution in [2.45, 2.75) is 11.8 Å². The predicted molar refractivity (Wildman–Crippen MR) is 99.1 cm³/mol. The second kappa shape index (κ2) is 6.86. The van der Waals surface area contributed by atoms with Crippen LogP contribution in [0, 0.1) is 6.92 Å². The van der Waals surface area contributed by atoms with Crippen LogP contribution in [0.15, 0.2) is 64.1 Å². The van der Waals surface area contributed by atoms with E-state index in [4.69, 9.17) is 4.74 Å². The van der Waals surface area contributed by atoms with Gasteiger partial charge in [0.05, 0.1) is 4.90 Å². The fraction of sp³-hybridized carbons (Fsp3) is 0.158. The lowest BCUT2D eigenvalue weighted by molar-refractivity contribution is -0.129. The molecule has 1 aliphatic heterocycles. The molecular weight excluding hydrogens is 352 g/mol. The third kappa shape index (κ3) is 3.44. The highest BCUT2D eigenvalue weighted by Crippen LogP contribution is 2.22. The minimum absolute atomic E-state index is 0.0886. The average molecular weight is 370 g/mol. The minimum atomic E-state index is -3.59. The number of nitrogens with zero attached hydrogens (tertiary/aromatic N) is 2. The minimum Gasteiger partial charge on any atom is -0.402 e. The van der Waals surface area contributed by atoms with Gasteiger partial charge in [-0.25, -0.2) is 22.5 Å². The second-order valence-electron chi connectivity index (χ2n) is 6.01. The normalized spacial score (nSPS) is 16.1. The smallest absolute Gasteiger partial charge is 0.363 e. The molecule has 134 valence electrons. The van der Waals surface area contributed by atoms with Gasteiger partial charge < -0.3 is 4.74 Å². The third-order valence-electron chi connectivity index (χ3n) is 3.96. The van der Waals surface area contributed by atoms with Crippen LogP contribution in [0.4, 0.5) is 0 Å². The highest BCUT2D eigenvalue weighted by molar-refractivity contribution is 7.89. The van der Waals surface area contributed by atoms with Gasteiger partial charge in [0.2, 0.25) is 15.9 Å². The fourth-order valence-corrected chi connectivity index (χ4v) is 3.38. The first-order chi connectivity index (χ1) is 12.3. The van der Waals surface area contributed by atoms with E-state index in [2.05, 4.69) is 4.99 Å². The van der Waals surface area contributed by atoms with E-state index in [9.17, 15) is 13.2 Å². The molecule has 0 spiro atoms. The molecule has 0 aliphatic carbocycles. The van der Waals surface area contributed by atoms with Crippen molar-refractivity contribution in [3.05, 3.63) is 70.9 Å². The Balaban J connectivity index is 1.99. The van der Waals surface area contributed by atoms with E-state index >= 15 is 0 Å². The third-order valence-corrected chi connectivity index (χ3v) is 5.77. The number of carbonyl (C=O) groups excluding carboxylic acids is 1. The van der Waals surface area contributed by atoms with Crippen molar-refractivity contribution in [3.8, 4) is 0 Å². The van der Waals surface area contributed by atoms with Crippen molar-refractivity contribution in [1.29, 1.82) is 0 Å². The first kappa shape index (κ1) is 18.0.